The number of aromatic hydroxyl groups is 3. The number of carbonyl (C=O) groups is 2. The lowest BCUT2D eigenvalue weighted by molar-refractivity contribution is -0.153. The number of aliphatic hydroxyl groups excluding tert-OH is 1. The number of phenols is 3. The topological polar surface area (TPSA) is 152 Å². The Morgan fingerprint density at radius 2 is 1.15 bits per heavy atom. The van der Waals surface area contributed by atoms with E-state index >= 15 is 0 Å². The first-order chi connectivity index (χ1) is 36.0. The number of carbonyl (C=O) groups excluding carboxylic acids is 2. The monoisotopic (exact) mass is 1100 g/mol. The first-order valence-corrected chi connectivity index (χ1v) is 29.0. The quantitative estimate of drug-likeness (QED) is 0.0491. The maximum atomic E-state index is 12.3. The number of hydrogen-bond acceptors (Lipinski definition) is 10. The molecule has 2 bridgehead atoms. The van der Waals surface area contributed by atoms with Crippen molar-refractivity contribution >= 4 is 19.5 Å². The lowest BCUT2D eigenvalue weighted by Gasteiger charge is -2.58. The molecule has 7 rings (SSSR count). The zero-order valence-electron chi connectivity index (χ0n) is 51.4. The first kappa shape index (κ1) is 69.9. The zero-order valence-corrected chi connectivity index (χ0v) is 51.4. The number of unbranched alkanes of at least 4 members (excludes halogenated alkanes) is 6. The summed E-state index contributed by atoms with van der Waals surface area (Å²) in [6.45, 7) is 39.5. The summed E-state index contributed by atoms with van der Waals surface area (Å²) in [5.74, 6) is 2.30. The first-order valence-electron chi connectivity index (χ1n) is 29.0. The molecule has 14 heteroatoms. The fourth-order valence-electron chi connectivity index (χ4n) is 10.9. The molecule has 0 amide bonds. The maximum Gasteiger partial charge on any atom is 0.762 e. The van der Waals surface area contributed by atoms with Gasteiger partial charge in [-0.25, -0.2) is 0 Å². The molecule has 0 radical (unpaired) electrons. The van der Waals surface area contributed by atoms with Crippen LogP contribution in [0.5, 0.6) is 23.0 Å². The molecule has 78 heavy (non-hydrogen) atoms. The fourth-order valence-corrected chi connectivity index (χ4v) is 10.9. The summed E-state index contributed by atoms with van der Waals surface area (Å²) in [6, 6.07) is 9.01. The van der Waals surface area contributed by atoms with Crippen LogP contribution in [0.25, 0.3) is 0 Å². The molecule has 2 aromatic carbocycles. The average Bonchev–Trinajstić information content (AvgIpc) is 3.31. The predicted octanol–water partition coefficient (Wildman–Crippen LogP) is 16.6. The van der Waals surface area contributed by atoms with E-state index in [-0.39, 0.29) is 63.2 Å². The summed E-state index contributed by atoms with van der Waals surface area (Å²) in [5, 5.41) is 40.3. The highest BCUT2D eigenvalue weighted by Crippen LogP contribution is 2.59. The standard InChI is InChI=1S/C30H46O4.C15H24O3.C15H24O2.C4H10O.BF3/c1-9-10-11-12-15-29(5,6)21-17-24(31)26-22-16-20(19-33-27(32)28(2,3)4)13-14-23(22)30(7,8)34-25(26)18-21;1-14(2,3)13(17)18-8-9-6-12(16)11-7-10(9)15(11,4)5;1-4-5-6-7-8-15(2,3)12-9-13(16)11-14(17)10-12;1-3-5-4-2;2-1(3)4/h13,17-18,22-23,31H,9-12,14-16,19H2,1-8H3;6,10-12,16H,7-8H2,1-5H3;9-11,16-17H,4-8H2,1-3H3;3-4H2,1-2H3;/t22-,23-;10-,11+,12?;;;/m01.../s1. The van der Waals surface area contributed by atoms with E-state index in [2.05, 4.69) is 81.4 Å². The summed E-state index contributed by atoms with van der Waals surface area (Å²) in [7, 11) is -3.67. The van der Waals surface area contributed by atoms with Crippen LogP contribution in [0, 0.1) is 34.0 Å². The van der Waals surface area contributed by atoms with Gasteiger partial charge >= 0.3 is 19.5 Å². The van der Waals surface area contributed by atoms with E-state index in [0.29, 0.717) is 30.8 Å². The van der Waals surface area contributed by atoms with Crippen LogP contribution in [0.3, 0.4) is 0 Å². The SMILES string of the molecule is CC(C)(C)C(=O)OCC1=CC(O)[C@@H]2C[C@H]1C2(C)C.CCCCCCC(C)(C)c1cc(O)c2c(c1)OC(C)(C)[C@H]1CC=C(COC(=O)C(C)(C)C)C[C@H]21.CCCCCCC(C)(C)c1cc(O)cc(O)c1.CCOCC.FB(F)F. The van der Waals surface area contributed by atoms with Crippen molar-refractivity contribution in [1.29, 1.82) is 0 Å². The van der Waals surface area contributed by atoms with Crippen molar-refractivity contribution in [3.8, 4) is 23.0 Å². The van der Waals surface area contributed by atoms with Gasteiger partial charge in [-0.15, -0.1) is 0 Å². The van der Waals surface area contributed by atoms with Crippen molar-refractivity contribution in [2.45, 2.75) is 237 Å². The van der Waals surface area contributed by atoms with Crippen LogP contribution in [0.15, 0.2) is 53.6 Å². The Labute approximate surface area is 470 Å². The van der Waals surface area contributed by atoms with E-state index in [1.165, 1.54) is 57.4 Å². The molecule has 5 atom stereocenters. The van der Waals surface area contributed by atoms with Crippen LogP contribution in [-0.2, 0) is 34.6 Å². The number of hydrogen-bond donors (Lipinski definition) is 4. The van der Waals surface area contributed by atoms with Gasteiger partial charge in [-0.3, -0.25) is 22.5 Å². The molecule has 10 nitrogen and oxygen atoms in total. The molecule has 1 heterocycles. The molecule has 444 valence electrons. The van der Waals surface area contributed by atoms with Crippen molar-refractivity contribution in [2.24, 2.45) is 34.0 Å². The van der Waals surface area contributed by atoms with Crippen LogP contribution < -0.4 is 4.74 Å². The molecule has 4 N–H and O–H groups in total. The minimum atomic E-state index is -3.67. The lowest BCUT2D eigenvalue weighted by atomic mass is 9.48. The molecule has 0 saturated heterocycles. The van der Waals surface area contributed by atoms with Crippen molar-refractivity contribution in [2.75, 3.05) is 26.4 Å². The van der Waals surface area contributed by atoms with Gasteiger partial charge in [-0.05, 0) is 176 Å². The highest BCUT2D eigenvalue weighted by molar-refractivity contribution is 6.33. The highest BCUT2D eigenvalue weighted by Gasteiger charge is 2.55. The van der Waals surface area contributed by atoms with Crippen LogP contribution in [-0.4, -0.2) is 78.0 Å². The minimum absolute atomic E-state index is 0.00393. The molecule has 4 aliphatic carbocycles. The number of rotatable bonds is 18. The van der Waals surface area contributed by atoms with Gasteiger partial charge < -0.3 is 39.4 Å². The number of fused-ring (bicyclic) bond motifs is 4. The number of halogens is 3. The Kier molecular flexibility index (Phi) is 27.4. The Morgan fingerprint density at radius 1 is 0.679 bits per heavy atom. The van der Waals surface area contributed by atoms with Crippen molar-refractivity contribution < 1.29 is 61.9 Å². The predicted molar refractivity (Wildman–Crippen MR) is 311 cm³/mol. The Hall–Kier alpha value is -4.17. The van der Waals surface area contributed by atoms with Gasteiger partial charge in [0.05, 0.1) is 16.9 Å². The molecule has 0 spiro atoms. The van der Waals surface area contributed by atoms with E-state index in [9.17, 15) is 43.0 Å². The highest BCUT2D eigenvalue weighted by atomic mass is 19.4. The number of esters is 2. The molecule has 0 aromatic heterocycles. The third-order valence-corrected chi connectivity index (χ3v) is 16.1. The number of allylic oxidation sites excluding steroid dienone is 1. The minimum Gasteiger partial charge on any atom is -0.508 e. The Balaban J connectivity index is 0.000000397. The Bertz CT molecular complexity index is 2210. The molecule has 1 aliphatic heterocycles. The molecular weight excluding hydrogens is 996 g/mol. The van der Waals surface area contributed by atoms with E-state index in [4.69, 9.17) is 18.9 Å². The van der Waals surface area contributed by atoms with E-state index in [0.717, 1.165) is 78.9 Å². The second-order valence-corrected chi connectivity index (χ2v) is 26.4. The van der Waals surface area contributed by atoms with Gasteiger partial charge in [0.2, 0.25) is 0 Å². The molecule has 1 saturated carbocycles. The fraction of sp³-hybridized carbons (Fsp3) is 0.719. The van der Waals surface area contributed by atoms with Gasteiger partial charge in [-0.1, -0.05) is 119 Å². The number of phenolic OH excluding ortho intramolecular Hbond substituents is 3. The van der Waals surface area contributed by atoms with Crippen molar-refractivity contribution in [3.05, 3.63) is 70.3 Å². The lowest BCUT2D eigenvalue weighted by Crippen LogP contribution is -2.54. The van der Waals surface area contributed by atoms with Gasteiger partial charge in [0, 0.05) is 36.7 Å². The van der Waals surface area contributed by atoms with Crippen molar-refractivity contribution in [3.63, 3.8) is 0 Å². The summed E-state index contributed by atoms with van der Waals surface area (Å²) in [6.07, 6.45) is 18.4. The van der Waals surface area contributed by atoms with Crippen LogP contribution in [0.2, 0.25) is 0 Å². The van der Waals surface area contributed by atoms with Gasteiger partial charge in [0.25, 0.3) is 0 Å². The smallest absolute Gasteiger partial charge is 0.508 e. The Morgan fingerprint density at radius 3 is 1.58 bits per heavy atom. The normalized spacial score (nSPS) is 20.6. The molecule has 2 aromatic rings. The van der Waals surface area contributed by atoms with Gasteiger partial charge in [0.1, 0.15) is 41.8 Å². The zero-order chi connectivity index (χ0) is 59.6. The maximum absolute atomic E-state index is 12.3. The largest absolute Gasteiger partial charge is 0.762 e. The third kappa shape index (κ3) is 21.4. The van der Waals surface area contributed by atoms with E-state index < -0.39 is 18.4 Å². The van der Waals surface area contributed by atoms with Crippen LogP contribution >= 0.6 is 0 Å². The second-order valence-electron chi connectivity index (χ2n) is 26.4. The number of aliphatic hydroxyl groups is 1. The molecule has 1 fully saturated rings. The van der Waals surface area contributed by atoms with E-state index in [1.54, 1.807) is 12.1 Å². The second kappa shape index (κ2) is 30.6. The third-order valence-electron chi connectivity index (χ3n) is 16.1. The molecular formula is C64H104BF3O10. The van der Waals surface area contributed by atoms with Crippen LogP contribution in [0.4, 0.5) is 12.9 Å². The molecule has 5 aliphatic rings. The van der Waals surface area contributed by atoms with E-state index in [1.807, 2.05) is 67.5 Å². The van der Waals surface area contributed by atoms with Gasteiger partial charge in [0.15, 0.2) is 0 Å². The summed E-state index contributed by atoms with van der Waals surface area (Å²) >= 11 is 0. The van der Waals surface area contributed by atoms with Gasteiger partial charge in [-0.2, -0.15) is 0 Å². The number of ether oxygens (including phenoxy) is 4. The van der Waals surface area contributed by atoms with Crippen LogP contribution in [0.1, 0.15) is 231 Å². The number of benzene rings is 2. The summed E-state index contributed by atoms with van der Waals surface area (Å²) in [5.41, 5.74) is 4.08. The molecule has 1 unspecified atom stereocenters. The summed E-state index contributed by atoms with van der Waals surface area (Å²) in [4.78, 5) is 24.0. The van der Waals surface area contributed by atoms with Crippen molar-refractivity contribution in [1.82, 2.24) is 0 Å². The summed E-state index contributed by atoms with van der Waals surface area (Å²) < 4.78 is 51.4. The average molecular weight is 1100 g/mol.